The van der Waals surface area contributed by atoms with Gasteiger partial charge in [0.05, 0.1) is 11.4 Å². The first-order valence-electron chi connectivity index (χ1n) is 6.16. The highest BCUT2D eigenvalue weighted by Gasteiger charge is 2.20. The smallest absolute Gasteiger partial charge is 0.226 e. The number of rotatable bonds is 1. The molecule has 0 aliphatic carbocycles. The summed E-state index contributed by atoms with van der Waals surface area (Å²) in [5.74, 6) is 0.0574. The van der Waals surface area contributed by atoms with E-state index in [1.807, 2.05) is 36.4 Å². The number of carbonyl (C=O) groups is 1. The fourth-order valence-corrected chi connectivity index (χ4v) is 2.61. The van der Waals surface area contributed by atoms with Crippen LogP contribution in [0.4, 0.5) is 17.1 Å². The zero-order valence-corrected chi connectivity index (χ0v) is 11.9. The maximum atomic E-state index is 11.8. The van der Waals surface area contributed by atoms with E-state index in [1.54, 1.807) is 0 Å². The highest BCUT2D eigenvalue weighted by Crippen LogP contribution is 2.36. The number of hydrogen-bond donors (Lipinski definition) is 1. The van der Waals surface area contributed by atoms with Gasteiger partial charge in [-0.15, -0.1) is 0 Å². The highest BCUT2D eigenvalue weighted by molar-refractivity contribution is 9.10. The van der Waals surface area contributed by atoms with E-state index in [1.165, 1.54) is 0 Å². The van der Waals surface area contributed by atoms with Crippen LogP contribution in [0.25, 0.3) is 0 Å². The van der Waals surface area contributed by atoms with Crippen molar-refractivity contribution in [1.82, 2.24) is 0 Å². The Morgan fingerprint density at radius 3 is 2.68 bits per heavy atom. The molecule has 1 heterocycles. The number of benzene rings is 2. The lowest BCUT2D eigenvalue weighted by Crippen LogP contribution is -2.18. The maximum Gasteiger partial charge on any atom is 0.226 e. The molecule has 1 aliphatic rings. The molecule has 0 unspecified atom stereocenters. The van der Waals surface area contributed by atoms with Gasteiger partial charge in [-0.3, -0.25) is 4.79 Å². The summed E-state index contributed by atoms with van der Waals surface area (Å²) in [6.07, 6.45) is 0.487. The molecule has 0 aromatic heterocycles. The Labute approximate surface area is 120 Å². The van der Waals surface area contributed by atoms with Crippen LogP contribution in [0.3, 0.4) is 0 Å². The predicted octanol–water partition coefficient (Wildman–Crippen LogP) is 3.93. The number of para-hydroxylation sites is 1. The van der Waals surface area contributed by atoms with Crippen LogP contribution in [0.15, 0.2) is 53.0 Å². The Balaban J connectivity index is 2.11. The molecule has 0 radical (unpaired) electrons. The van der Waals surface area contributed by atoms with E-state index in [9.17, 15) is 4.79 Å². The van der Waals surface area contributed by atoms with E-state index in [2.05, 4.69) is 38.3 Å². The maximum absolute atomic E-state index is 11.8. The van der Waals surface area contributed by atoms with Crippen LogP contribution in [0.1, 0.15) is 6.42 Å². The van der Waals surface area contributed by atoms with Crippen molar-refractivity contribution < 1.29 is 4.79 Å². The molecule has 1 N–H and O–H groups in total. The van der Waals surface area contributed by atoms with E-state index in [0.29, 0.717) is 13.0 Å². The molecule has 0 bridgehead atoms. The lowest BCUT2D eigenvalue weighted by atomic mass is 10.2. The Kier molecular flexibility index (Phi) is 3.25. The van der Waals surface area contributed by atoms with Crippen LogP contribution in [-0.2, 0) is 4.79 Å². The lowest BCUT2D eigenvalue weighted by molar-refractivity contribution is -0.115. The molecule has 2 aromatic carbocycles. The van der Waals surface area contributed by atoms with Crippen LogP contribution in [0.5, 0.6) is 0 Å². The Bertz CT molecular complexity index is 613. The van der Waals surface area contributed by atoms with Crippen molar-refractivity contribution in [3.63, 3.8) is 0 Å². The first kappa shape index (κ1) is 12.2. The number of halogens is 1. The second-order valence-corrected chi connectivity index (χ2v) is 5.36. The van der Waals surface area contributed by atoms with Crippen LogP contribution < -0.4 is 10.2 Å². The first-order valence-corrected chi connectivity index (χ1v) is 6.95. The number of nitrogens with one attached hydrogen (secondary N) is 1. The molecule has 1 amide bonds. The van der Waals surface area contributed by atoms with Gasteiger partial charge in [-0.25, -0.2) is 0 Å². The summed E-state index contributed by atoms with van der Waals surface area (Å²) >= 11 is 3.49. The third-order valence-corrected chi connectivity index (χ3v) is 3.65. The molecular weight excluding hydrogens is 304 g/mol. The Morgan fingerprint density at radius 1 is 1.11 bits per heavy atom. The van der Waals surface area contributed by atoms with Crippen LogP contribution in [-0.4, -0.2) is 12.5 Å². The fourth-order valence-electron chi connectivity index (χ4n) is 2.26. The predicted molar refractivity (Wildman–Crippen MR) is 80.8 cm³/mol. The third kappa shape index (κ3) is 2.49. The molecule has 0 saturated carbocycles. The molecule has 0 saturated heterocycles. The van der Waals surface area contributed by atoms with Gasteiger partial charge in [-0.1, -0.05) is 34.1 Å². The second kappa shape index (κ2) is 5.05. The van der Waals surface area contributed by atoms with Crippen molar-refractivity contribution in [1.29, 1.82) is 0 Å². The van der Waals surface area contributed by atoms with Gasteiger partial charge < -0.3 is 10.2 Å². The molecule has 0 atom stereocenters. The first-order chi connectivity index (χ1) is 9.24. The highest BCUT2D eigenvalue weighted by atomic mass is 79.9. The summed E-state index contributed by atoms with van der Waals surface area (Å²) < 4.78 is 1.00. The number of nitrogens with zero attached hydrogens (tertiary/aromatic N) is 1. The molecule has 3 rings (SSSR count). The molecule has 2 aromatic rings. The minimum absolute atomic E-state index is 0.0574. The number of fused-ring (bicyclic) bond motifs is 1. The van der Waals surface area contributed by atoms with Gasteiger partial charge in [0.2, 0.25) is 5.91 Å². The van der Waals surface area contributed by atoms with E-state index in [4.69, 9.17) is 0 Å². The molecule has 4 heteroatoms. The van der Waals surface area contributed by atoms with Gasteiger partial charge in [0, 0.05) is 23.1 Å². The Morgan fingerprint density at radius 2 is 1.89 bits per heavy atom. The zero-order valence-electron chi connectivity index (χ0n) is 10.3. The van der Waals surface area contributed by atoms with Gasteiger partial charge in [0.15, 0.2) is 0 Å². The van der Waals surface area contributed by atoms with Crippen molar-refractivity contribution in [3.8, 4) is 0 Å². The number of anilines is 3. The zero-order chi connectivity index (χ0) is 13.2. The number of hydrogen-bond acceptors (Lipinski definition) is 2. The van der Waals surface area contributed by atoms with Gasteiger partial charge in [-0.2, -0.15) is 0 Å². The fraction of sp³-hybridized carbons (Fsp3) is 0.133. The van der Waals surface area contributed by atoms with E-state index >= 15 is 0 Å². The van der Waals surface area contributed by atoms with Gasteiger partial charge >= 0.3 is 0 Å². The van der Waals surface area contributed by atoms with E-state index < -0.39 is 0 Å². The SMILES string of the molecule is O=C1CCN(c2ccccc2)c2cc(Br)ccc2N1. The standard InChI is InChI=1S/C15H13BrN2O/c16-11-6-7-13-14(10-11)18(9-8-15(19)17-13)12-4-2-1-3-5-12/h1-7,10H,8-9H2,(H,17,19). The minimum Gasteiger partial charge on any atom is -0.339 e. The van der Waals surface area contributed by atoms with E-state index in [-0.39, 0.29) is 5.91 Å². The quantitative estimate of drug-likeness (QED) is 0.864. The van der Waals surface area contributed by atoms with Crippen LogP contribution in [0.2, 0.25) is 0 Å². The normalized spacial score (nSPS) is 14.6. The molecule has 0 spiro atoms. The topological polar surface area (TPSA) is 32.3 Å². The van der Waals surface area contributed by atoms with Crippen molar-refractivity contribution >= 4 is 38.9 Å². The van der Waals surface area contributed by atoms with E-state index in [0.717, 1.165) is 21.5 Å². The van der Waals surface area contributed by atoms with Crippen LogP contribution in [0, 0.1) is 0 Å². The summed E-state index contributed by atoms with van der Waals surface area (Å²) in [7, 11) is 0. The monoisotopic (exact) mass is 316 g/mol. The Hall–Kier alpha value is -1.81. The third-order valence-electron chi connectivity index (χ3n) is 3.16. The van der Waals surface area contributed by atoms with Gasteiger partial charge in [0.1, 0.15) is 0 Å². The molecule has 1 aliphatic heterocycles. The molecule has 3 nitrogen and oxygen atoms in total. The average molecular weight is 317 g/mol. The summed E-state index contributed by atoms with van der Waals surface area (Å²) in [6, 6.07) is 16.0. The summed E-state index contributed by atoms with van der Waals surface area (Å²) in [6.45, 7) is 0.680. The minimum atomic E-state index is 0.0574. The lowest BCUT2D eigenvalue weighted by Gasteiger charge is -2.24. The summed E-state index contributed by atoms with van der Waals surface area (Å²) in [5, 5.41) is 2.95. The van der Waals surface area contributed by atoms with Gasteiger partial charge in [-0.05, 0) is 30.3 Å². The van der Waals surface area contributed by atoms with Crippen LogP contribution >= 0.6 is 15.9 Å². The molecule has 0 fully saturated rings. The van der Waals surface area contributed by atoms with Crippen molar-refractivity contribution in [3.05, 3.63) is 53.0 Å². The van der Waals surface area contributed by atoms with Crippen molar-refractivity contribution in [2.75, 3.05) is 16.8 Å². The summed E-state index contributed by atoms with van der Waals surface area (Å²) in [5.41, 5.74) is 2.97. The van der Waals surface area contributed by atoms with Crippen molar-refractivity contribution in [2.45, 2.75) is 6.42 Å². The number of carbonyl (C=O) groups excluding carboxylic acids is 1. The molecule has 96 valence electrons. The summed E-state index contributed by atoms with van der Waals surface area (Å²) in [4.78, 5) is 13.9. The second-order valence-electron chi connectivity index (χ2n) is 4.45. The van der Waals surface area contributed by atoms with Gasteiger partial charge in [0.25, 0.3) is 0 Å². The molecular formula is C15H13BrN2O. The average Bonchev–Trinajstić information content (AvgIpc) is 2.58. The van der Waals surface area contributed by atoms with Crippen molar-refractivity contribution in [2.24, 2.45) is 0 Å². The molecule has 19 heavy (non-hydrogen) atoms. The number of amides is 1. The largest absolute Gasteiger partial charge is 0.339 e.